The van der Waals surface area contributed by atoms with Crippen molar-refractivity contribution in [2.24, 2.45) is 7.05 Å². The SMILES string of the molecule is Cn1nc(C(=O)N(Cc2ccccn2)Cc2ccccc2F)c2ccccc2c1=O. The number of rotatable bonds is 5. The van der Waals surface area contributed by atoms with Crippen LogP contribution in [0.3, 0.4) is 0 Å². The van der Waals surface area contributed by atoms with Gasteiger partial charge < -0.3 is 4.90 Å². The first-order chi connectivity index (χ1) is 14.5. The first-order valence-corrected chi connectivity index (χ1v) is 9.43. The summed E-state index contributed by atoms with van der Waals surface area (Å²) in [5.41, 5.74) is 0.903. The van der Waals surface area contributed by atoms with Gasteiger partial charge in [-0.15, -0.1) is 0 Å². The number of fused-ring (bicyclic) bond motifs is 1. The molecule has 0 radical (unpaired) electrons. The molecular weight excluding hydrogens is 383 g/mol. The normalized spacial score (nSPS) is 10.9. The highest BCUT2D eigenvalue weighted by Crippen LogP contribution is 2.19. The van der Waals surface area contributed by atoms with E-state index in [0.29, 0.717) is 22.0 Å². The van der Waals surface area contributed by atoms with Gasteiger partial charge in [0.25, 0.3) is 11.5 Å². The van der Waals surface area contributed by atoms with Crippen molar-refractivity contribution in [1.29, 1.82) is 0 Å². The van der Waals surface area contributed by atoms with Crippen LogP contribution in [0.5, 0.6) is 0 Å². The number of carbonyl (C=O) groups is 1. The number of halogens is 1. The molecule has 0 unspecified atom stereocenters. The average molecular weight is 402 g/mol. The third kappa shape index (κ3) is 3.82. The zero-order valence-corrected chi connectivity index (χ0v) is 16.3. The van der Waals surface area contributed by atoms with Crippen molar-refractivity contribution < 1.29 is 9.18 Å². The maximum Gasteiger partial charge on any atom is 0.275 e. The van der Waals surface area contributed by atoms with Gasteiger partial charge >= 0.3 is 0 Å². The van der Waals surface area contributed by atoms with Crippen LogP contribution in [-0.4, -0.2) is 25.6 Å². The molecule has 2 aromatic carbocycles. The Kier molecular flexibility index (Phi) is 5.34. The minimum absolute atomic E-state index is 0.0426. The fourth-order valence-corrected chi connectivity index (χ4v) is 3.33. The highest BCUT2D eigenvalue weighted by molar-refractivity contribution is 6.04. The summed E-state index contributed by atoms with van der Waals surface area (Å²) in [5, 5.41) is 5.09. The average Bonchev–Trinajstić information content (AvgIpc) is 2.77. The Balaban J connectivity index is 1.80. The van der Waals surface area contributed by atoms with Gasteiger partial charge in [-0.2, -0.15) is 5.10 Å². The van der Waals surface area contributed by atoms with Crippen molar-refractivity contribution in [3.05, 3.63) is 106 Å². The summed E-state index contributed by atoms with van der Waals surface area (Å²) in [5.74, 6) is -0.801. The third-order valence-electron chi connectivity index (χ3n) is 4.84. The van der Waals surface area contributed by atoms with Crippen molar-refractivity contribution in [2.75, 3.05) is 0 Å². The van der Waals surface area contributed by atoms with Crippen LogP contribution in [0.15, 0.2) is 77.7 Å². The number of hydrogen-bond donors (Lipinski definition) is 0. The molecule has 0 saturated heterocycles. The molecule has 4 rings (SSSR count). The van der Waals surface area contributed by atoms with Crippen molar-refractivity contribution in [1.82, 2.24) is 19.7 Å². The lowest BCUT2D eigenvalue weighted by atomic mass is 10.1. The quantitative estimate of drug-likeness (QED) is 0.514. The molecule has 0 saturated carbocycles. The molecule has 150 valence electrons. The van der Waals surface area contributed by atoms with Crippen LogP contribution >= 0.6 is 0 Å². The second-order valence-electron chi connectivity index (χ2n) is 6.90. The van der Waals surface area contributed by atoms with Crippen LogP contribution in [0.2, 0.25) is 0 Å². The molecule has 6 nitrogen and oxygen atoms in total. The molecule has 0 aliphatic heterocycles. The Hall–Kier alpha value is -3.87. The summed E-state index contributed by atoms with van der Waals surface area (Å²) in [7, 11) is 1.51. The van der Waals surface area contributed by atoms with Gasteiger partial charge in [0.05, 0.1) is 17.6 Å². The van der Waals surface area contributed by atoms with E-state index in [-0.39, 0.29) is 24.3 Å². The number of hydrogen-bond acceptors (Lipinski definition) is 4. The fraction of sp³-hybridized carbons (Fsp3) is 0.130. The smallest absolute Gasteiger partial charge is 0.275 e. The van der Waals surface area contributed by atoms with E-state index in [1.54, 1.807) is 60.8 Å². The number of amides is 1. The van der Waals surface area contributed by atoms with E-state index in [0.717, 1.165) is 4.68 Å². The molecule has 4 aromatic rings. The second kappa shape index (κ2) is 8.24. The number of aromatic nitrogens is 3. The third-order valence-corrected chi connectivity index (χ3v) is 4.84. The van der Waals surface area contributed by atoms with Crippen molar-refractivity contribution in [3.8, 4) is 0 Å². The topological polar surface area (TPSA) is 68.1 Å². The zero-order chi connectivity index (χ0) is 21.1. The molecule has 0 spiro atoms. The Morgan fingerprint density at radius 2 is 1.67 bits per heavy atom. The molecule has 30 heavy (non-hydrogen) atoms. The summed E-state index contributed by atoms with van der Waals surface area (Å²) in [6.45, 7) is 0.216. The van der Waals surface area contributed by atoms with E-state index in [9.17, 15) is 14.0 Å². The van der Waals surface area contributed by atoms with Crippen LogP contribution < -0.4 is 5.56 Å². The van der Waals surface area contributed by atoms with Gasteiger partial charge in [-0.05, 0) is 24.3 Å². The minimum atomic E-state index is -0.407. The van der Waals surface area contributed by atoms with E-state index in [1.165, 1.54) is 18.0 Å². The molecule has 0 bridgehead atoms. The van der Waals surface area contributed by atoms with Gasteiger partial charge in [-0.25, -0.2) is 9.07 Å². The number of nitrogens with zero attached hydrogens (tertiary/aromatic N) is 4. The zero-order valence-electron chi connectivity index (χ0n) is 16.3. The van der Waals surface area contributed by atoms with E-state index in [4.69, 9.17) is 0 Å². The predicted octanol–water partition coefficient (Wildman–Crippen LogP) is 3.31. The first-order valence-electron chi connectivity index (χ1n) is 9.43. The van der Waals surface area contributed by atoms with Gasteiger partial charge in [-0.3, -0.25) is 14.6 Å². The van der Waals surface area contributed by atoms with Crippen LogP contribution in [0.4, 0.5) is 4.39 Å². The van der Waals surface area contributed by atoms with Crippen LogP contribution in [-0.2, 0) is 20.1 Å². The Morgan fingerprint density at radius 3 is 2.40 bits per heavy atom. The van der Waals surface area contributed by atoms with E-state index in [1.807, 2.05) is 6.07 Å². The van der Waals surface area contributed by atoms with Gasteiger partial charge in [0, 0.05) is 30.7 Å². The highest BCUT2D eigenvalue weighted by Gasteiger charge is 2.23. The monoisotopic (exact) mass is 402 g/mol. The summed E-state index contributed by atoms with van der Waals surface area (Å²) in [4.78, 5) is 31.7. The second-order valence-corrected chi connectivity index (χ2v) is 6.90. The Labute approximate surface area is 172 Å². The summed E-state index contributed by atoms with van der Waals surface area (Å²) < 4.78 is 15.5. The highest BCUT2D eigenvalue weighted by atomic mass is 19.1. The van der Waals surface area contributed by atoms with Crippen LogP contribution in [0.1, 0.15) is 21.7 Å². The molecule has 0 aliphatic rings. The lowest BCUT2D eigenvalue weighted by molar-refractivity contribution is 0.0720. The van der Waals surface area contributed by atoms with Crippen molar-refractivity contribution in [3.63, 3.8) is 0 Å². The molecule has 7 heteroatoms. The van der Waals surface area contributed by atoms with E-state index in [2.05, 4.69) is 10.1 Å². The number of aryl methyl sites for hydroxylation is 1. The molecule has 0 atom stereocenters. The largest absolute Gasteiger partial charge is 0.327 e. The van der Waals surface area contributed by atoms with Gasteiger partial charge in [0.1, 0.15) is 5.82 Å². The van der Waals surface area contributed by atoms with E-state index < -0.39 is 11.7 Å². The lowest BCUT2D eigenvalue weighted by Gasteiger charge is -2.23. The molecule has 1 amide bonds. The Bertz CT molecular complexity index is 1270. The van der Waals surface area contributed by atoms with Crippen LogP contribution in [0, 0.1) is 5.82 Å². The van der Waals surface area contributed by atoms with Crippen molar-refractivity contribution >= 4 is 16.7 Å². The van der Waals surface area contributed by atoms with Crippen molar-refractivity contribution in [2.45, 2.75) is 13.1 Å². The molecular formula is C23H19FN4O2. The molecule has 0 aliphatic carbocycles. The molecule has 0 N–H and O–H groups in total. The maximum absolute atomic E-state index is 14.3. The number of pyridine rings is 1. The standard InChI is InChI=1S/C23H19FN4O2/c1-27-22(29)19-11-4-3-10-18(19)21(26-27)23(30)28(15-17-9-6-7-13-25-17)14-16-8-2-5-12-20(16)24/h2-13H,14-15H2,1H3. The van der Waals surface area contributed by atoms with E-state index >= 15 is 0 Å². The lowest BCUT2D eigenvalue weighted by Crippen LogP contribution is -2.34. The maximum atomic E-state index is 14.3. The van der Waals surface area contributed by atoms with Gasteiger partial charge in [-0.1, -0.05) is 42.5 Å². The van der Waals surface area contributed by atoms with Gasteiger partial charge in [0.15, 0.2) is 5.69 Å². The molecule has 2 heterocycles. The summed E-state index contributed by atoms with van der Waals surface area (Å²) in [6.07, 6.45) is 1.64. The Morgan fingerprint density at radius 1 is 0.967 bits per heavy atom. The van der Waals surface area contributed by atoms with Crippen LogP contribution in [0.25, 0.3) is 10.8 Å². The summed E-state index contributed by atoms with van der Waals surface area (Å²) >= 11 is 0. The minimum Gasteiger partial charge on any atom is -0.327 e. The van der Waals surface area contributed by atoms with Gasteiger partial charge in [0.2, 0.25) is 0 Å². The summed E-state index contributed by atoms with van der Waals surface area (Å²) in [6, 6.07) is 18.6. The molecule has 2 aromatic heterocycles. The number of carbonyl (C=O) groups excluding carboxylic acids is 1. The fourth-order valence-electron chi connectivity index (χ4n) is 3.33. The first kappa shape index (κ1) is 19.4. The predicted molar refractivity (Wildman–Crippen MR) is 111 cm³/mol. The molecule has 0 fully saturated rings. The number of benzene rings is 2.